The van der Waals surface area contributed by atoms with Crippen LogP contribution in [0.15, 0.2) is 29.0 Å². The van der Waals surface area contributed by atoms with Gasteiger partial charge in [-0.05, 0) is 17.5 Å². The lowest BCUT2D eigenvalue weighted by molar-refractivity contribution is 0.253. The second kappa shape index (κ2) is 4.25. The molecule has 0 saturated heterocycles. The van der Waals surface area contributed by atoms with Crippen molar-refractivity contribution in [2.24, 2.45) is 11.1 Å². The molecule has 90 valence electrons. The number of nitrogens with two attached hydrogens (primary N) is 1. The third-order valence-corrected chi connectivity index (χ3v) is 2.56. The molecule has 2 aromatic rings. The van der Waals surface area contributed by atoms with Crippen molar-refractivity contribution in [1.82, 2.24) is 15.1 Å². The molecule has 0 spiro atoms. The highest BCUT2D eigenvalue weighted by Gasteiger charge is 2.27. The molecule has 0 aromatic carbocycles. The van der Waals surface area contributed by atoms with Crippen molar-refractivity contribution in [2.45, 2.75) is 26.8 Å². The Morgan fingerprint density at radius 1 is 1.35 bits per heavy atom. The van der Waals surface area contributed by atoms with Gasteiger partial charge in [-0.25, -0.2) is 0 Å². The fourth-order valence-electron chi connectivity index (χ4n) is 1.34. The first kappa shape index (κ1) is 11.7. The van der Waals surface area contributed by atoms with Crippen molar-refractivity contribution in [3.05, 3.63) is 30.4 Å². The Morgan fingerprint density at radius 2 is 2.12 bits per heavy atom. The van der Waals surface area contributed by atoms with Crippen molar-refractivity contribution in [3.63, 3.8) is 0 Å². The number of hydrogen-bond acceptors (Lipinski definition) is 5. The Balaban J connectivity index is 2.28. The summed E-state index contributed by atoms with van der Waals surface area (Å²) in [5.41, 5.74) is 6.76. The third-order valence-electron chi connectivity index (χ3n) is 2.56. The Morgan fingerprint density at radius 3 is 2.71 bits per heavy atom. The van der Waals surface area contributed by atoms with Crippen LogP contribution in [0.1, 0.15) is 32.7 Å². The van der Waals surface area contributed by atoms with Gasteiger partial charge < -0.3 is 10.3 Å². The molecular weight excluding hydrogens is 216 g/mol. The van der Waals surface area contributed by atoms with Gasteiger partial charge in [0.2, 0.25) is 11.7 Å². The smallest absolute Gasteiger partial charge is 0.244 e. The summed E-state index contributed by atoms with van der Waals surface area (Å²) in [4.78, 5) is 8.32. The maximum atomic E-state index is 6.05. The molecule has 0 radical (unpaired) electrons. The van der Waals surface area contributed by atoms with Crippen molar-refractivity contribution < 1.29 is 4.52 Å². The van der Waals surface area contributed by atoms with Crippen molar-refractivity contribution >= 4 is 0 Å². The normalized spacial score (nSPS) is 13.6. The van der Waals surface area contributed by atoms with Crippen molar-refractivity contribution in [3.8, 4) is 11.4 Å². The third kappa shape index (κ3) is 2.50. The Bertz CT molecular complexity index is 487. The first-order valence-electron chi connectivity index (χ1n) is 5.48. The maximum Gasteiger partial charge on any atom is 0.244 e. The van der Waals surface area contributed by atoms with Crippen LogP contribution in [0, 0.1) is 5.41 Å². The van der Waals surface area contributed by atoms with Gasteiger partial charge in [-0.3, -0.25) is 4.98 Å². The monoisotopic (exact) mass is 232 g/mol. The number of aromatic nitrogens is 3. The van der Waals surface area contributed by atoms with Crippen LogP contribution >= 0.6 is 0 Å². The van der Waals surface area contributed by atoms with Gasteiger partial charge in [0.05, 0.1) is 6.04 Å². The van der Waals surface area contributed by atoms with Gasteiger partial charge in [0, 0.05) is 18.0 Å². The highest BCUT2D eigenvalue weighted by molar-refractivity contribution is 5.51. The van der Waals surface area contributed by atoms with Crippen LogP contribution in [0.4, 0.5) is 0 Å². The molecule has 2 aromatic heterocycles. The van der Waals surface area contributed by atoms with Crippen LogP contribution in [-0.4, -0.2) is 15.1 Å². The molecule has 1 atom stereocenters. The molecule has 0 aliphatic rings. The molecule has 5 heteroatoms. The summed E-state index contributed by atoms with van der Waals surface area (Å²) in [5, 5.41) is 3.91. The van der Waals surface area contributed by atoms with E-state index in [9.17, 15) is 0 Å². The van der Waals surface area contributed by atoms with Crippen molar-refractivity contribution in [1.29, 1.82) is 0 Å². The zero-order chi connectivity index (χ0) is 12.5. The molecular formula is C12H16N4O. The number of rotatable bonds is 2. The lowest BCUT2D eigenvalue weighted by atomic mass is 9.87. The fraction of sp³-hybridized carbons (Fsp3) is 0.417. The first-order valence-corrected chi connectivity index (χ1v) is 5.48. The molecule has 0 unspecified atom stereocenters. The Hall–Kier alpha value is -1.75. The van der Waals surface area contributed by atoms with Crippen LogP contribution in [0.5, 0.6) is 0 Å². The largest absolute Gasteiger partial charge is 0.337 e. The lowest BCUT2D eigenvalue weighted by Gasteiger charge is -2.23. The number of nitrogens with zero attached hydrogens (tertiary/aromatic N) is 3. The summed E-state index contributed by atoms with van der Waals surface area (Å²) in [7, 11) is 0. The second-order valence-electron chi connectivity index (χ2n) is 5.04. The molecule has 17 heavy (non-hydrogen) atoms. The molecule has 2 rings (SSSR count). The van der Waals surface area contributed by atoms with Crippen LogP contribution in [0.3, 0.4) is 0 Å². The summed E-state index contributed by atoms with van der Waals surface area (Å²) in [6.45, 7) is 6.10. The first-order chi connectivity index (χ1) is 7.98. The van der Waals surface area contributed by atoms with Crippen molar-refractivity contribution in [2.75, 3.05) is 0 Å². The molecule has 2 heterocycles. The molecule has 0 aliphatic carbocycles. The van der Waals surface area contributed by atoms with E-state index < -0.39 is 0 Å². The van der Waals surface area contributed by atoms with E-state index in [1.165, 1.54) is 0 Å². The highest BCUT2D eigenvalue weighted by Crippen LogP contribution is 2.30. The van der Waals surface area contributed by atoms with Gasteiger partial charge in [-0.2, -0.15) is 4.98 Å². The van der Waals surface area contributed by atoms with E-state index in [0.29, 0.717) is 11.7 Å². The summed E-state index contributed by atoms with van der Waals surface area (Å²) >= 11 is 0. The van der Waals surface area contributed by atoms with E-state index in [1.54, 1.807) is 12.4 Å². The average molecular weight is 232 g/mol. The van der Waals surface area contributed by atoms with Gasteiger partial charge in [0.1, 0.15) is 0 Å². The molecule has 0 fully saturated rings. The summed E-state index contributed by atoms with van der Waals surface area (Å²) < 4.78 is 5.19. The molecule has 0 saturated carbocycles. The zero-order valence-electron chi connectivity index (χ0n) is 10.2. The number of hydrogen-bond donors (Lipinski definition) is 1. The maximum absolute atomic E-state index is 6.05. The van der Waals surface area contributed by atoms with Gasteiger partial charge >= 0.3 is 0 Å². The van der Waals surface area contributed by atoms with Crippen LogP contribution in [-0.2, 0) is 0 Å². The molecule has 5 nitrogen and oxygen atoms in total. The predicted octanol–water partition coefficient (Wildman–Crippen LogP) is 2.18. The van der Waals surface area contributed by atoms with Crippen LogP contribution in [0.2, 0.25) is 0 Å². The van der Waals surface area contributed by atoms with Crippen LogP contribution < -0.4 is 5.73 Å². The SMILES string of the molecule is CC(C)(C)[C@@H](N)c1nc(-c2cccnc2)no1. The quantitative estimate of drug-likeness (QED) is 0.858. The lowest BCUT2D eigenvalue weighted by Crippen LogP contribution is -2.26. The van der Waals surface area contributed by atoms with E-state index in [0.717, 1.165) is 5.56 Å². The fourth-order valence-corrected chi connectivity index (χ4v) is 1.34. The molecule has 0 amide bonds. The van der Waals surface area contributed by atoms with Gasteiger partial charge in [-0.15, -0.1) is 0 Å². The molecule has 2 N–H and O–H groups in total. The van der Waals surface area contributed by atoms with Crippen LogP contribution in [0.25, 0.3) is 11.4 Å². The predicted molar refractivity (Wildman–Crippen MR) is 63.9 cm³/mol. The van der Waals surface area contributed by atoms with Gasteiger partial charge in [0.25, 0.3) is 0 Å². The summed E-state index contributed by atoms with van der Waals surface area (Å²) in [5.74, 6) is 0.976. The minimum absolute atomic E-state index is 0.112. The minimum Gasteiger partial charge on any atom is -0.337 e. The average Bonchev–Trinajstić information content (AvgIpc) is 2.77. The van der Waals surface area contributed by atoms with E-state index >= 15 is 0 Å². The van der Waals surface area contributed by atoms with E-state index in [2.05, 4.69) is 15.1 Å². The van der Waals surface area contributed by atoms with Gasteiger partial charge in [0.15, 0.2) is 0 Å². The Labute approximate surface area is 100 Å². The number of pyridine rings is 1. The van der Waals surface area contributed by atoms with Gasteiger partial charge in [-0.1, -0.05) is 25.9 Å². The van der Waals surface area contributed by atoms with E-state index in [1.807, 2.05) is 32.9 Å². The molecule has 0 bridgehead atoms. The topological polar surface area (TPSA) is 77.8 Å². The molecule has 0 aliphatic heterocycles. The minimum atomic E-state index is -0.277. The Kier molecular flexibility index (Phi) is 2.93. The van der Waals surface area contributed by atoms with E-state index in [-0.39, 0.29) is 11.5 Å². The highest BCUT2D eigenvalue weighted by atomic mass is 16.5. The second-order valence-corrected chi connectivity index (χ2v) is 5.04. The standard InChI is InChI=1S/C12H16N4O/c1-12(2,3)9(13)11-15-10(16-17-11)8-5-4-6-14-7-8/h4-7,9H,13H2,1-3H3/t9-/m0/s1. The van der Waals surface area contributed by atoms with E-state index in [4.69, 9.17) is 10.3 Å². The summed E-state index contributed by atoms with van der Waals surface area (Å²) in [6.07, 6.45) is 3.39. The zero-order valence-corrected chi connectivity index (χ0v) is 10.2. The summed E-state index contributed by atoms with van der Waals surface area (Å²) in [6, 6.07) is 3.43.